The van der Waals surface area contributed by atoms with Crippen LogP contribution in [-0.4, -0.2) is 20.3 Å². The molecule has 0 radical (unpaired) electrons. The Balaban J connectivity index is 1.84. The van der Waals surface area contributed by atoms with Gasteiger partial charge in [-0.25, -0.2) is 0 Å². The molecule has 0 aliphatic carbocycles. The molecule has 106 valence electrons. The fourth-order valence-electron chi connectivity index (χ4n) is 1.68. The van der Waals surface area contributed by atoms with Crippen LogP contribution in [0.3, 0.4) is 0 Å². The second-order valence-electron chi connectivity index (χ2n) is 4.04. The van der Waals surface area contributed by atoms with E-state index < -0.39 is 0 Å². The van der Waals surface area contributed by atoms with E-state index in [0.29, 0.717) is 41.2 Å². The van der Waals surface area contributed by atoms with E-state index in [9.17, 15) is 0 Å². The molecule has 4 nitrogen and oxygen atoms in total. The first kappa shape index (κ1) is 14.3. The first-order chi connectivity index (χ1) is 9.70. The number of nitrogens with two attached hydrogens (primary N) is 1. The van der Waals surface area contributed by atoms with Crippen molar-refractivity contribution < 1.29 is 14.2 Å². The van der Waals surface area contributed by atoms with Gasteiger partial charge in [-0.2, -0.15) is 0 Å². The Labute approximate surface area is 123 Å². The van der Waals surface area contributed by atoms with Crippen LogP contribution in [0.1, 0.15) is 0 Å². The Hall–Kier alpha value is -2.07. The average Bonchev–Trinajstić information content (AvgIpc) is 2.46. The van der Waals surface area contributed by atoms with Crippen LogP contribution in [0.4, 0.5) is 5.69 Å². The molecule has 2 rings (SSSR count). The summed E-state index contributed by atoms with van der Waals surface area (Å²) in [5, 5.41) is 0.488. The quantitative estimate of drug-likeness (QED) is 0.655. The van der Waals surface area contributed by atoms with Crippen LogP contribution in [0, 0.1) is 0 Å². The molecule has 0 unspecified atom stereocenters. The maximum Gasteiger partial charge on any atom is 0.161 e. The van der Waals surface area contributed by atoms with Gasteiger partial charge in [0.05, 0.1) is 12.1 Å². The molecule has 0 amide bonds. The molecule has 0 aliphatic rings. The van der Waals surface area contributed by atoms with Gasteiger partial charge in [0.25, 0.3) is 0 Å². The van der Waals surface area contributed by atoms with Gasteiger partial charge in [-0.3, -0.25) is 0 Å². The highest BCUT2D eigenvalue weighted by Crippen LogP contribution is 2.27. The van der Waals surface area contributed by atoms with Crippen LogP contribution < -0.4 is 19.9 Å². The van der Waals surface area contributed by atoms with Gasteiger partial charge in [-0.05, 0) is 30.3 Å². The molecule has 0 saturated carbocycles. The van der Waals surface area contributed by atoms with Crippen molar-refractivity contribution >= 4 is 17.3 Å². The number of rotatable bonds is 6. The molecule has 0 aliphatic heterocycles. The predicted molar refractivity (Wildman–Crippen MR) is 79.8 cm³/mol. The fourth-order valence-corrected chi connectivity index (χ4v) is 1.92. The number of benzene rings is 2. The number of nitrogen functional groups attached to an aromatic ring is 1. The minimum atomic E-state index is 0.377. The third-order valence-electron chi connectivity index (χ3n) is 2.62. The topological polar surface area (TPSA) is 53.7 Å². The lowest BCUT2D eigenvalue weighted by molar-refractivity contribution is 0.211. The van der Waals surface area contributed by atoms with Crippen LogP contribution >= 0.6 is 11.6 Å². The van der Waals surface area contributed by atoms with Gasteiger partial charge < -0.3 is 19.9 Å². The Bertz CT molecular complexity index is 575. The highest BCUT2D eigenvalue weighted by molar-refractivity contribution is 6.32. The van der Waals surface area contributed by atoms with Crippen molar-refractivity contribution in [2.24, 2.45) is 0 Å². The number of para-hydroxylation sites is 2. The first-order valence-corrected chi connectivity index (χ1v) is 6.52. The molecule has 2 aromatic rings. The molecule has 0 bridgehead atoms. The smallest absolute Gasteiger partial charge is 0.161 e. The third kappa shape index (κ3) is 3.71. The van der Waals surface area contributed by atoms with Crippen molar-refractivity contribution in [2.75, 3.05) is 26.1 Å². The summed E-state index contributed by atoms with van der Waals surface area (Å²) in [6.07, 6.45) is 0. The van der Waals surface area contributed by atoms with Crippen LogP contribution in [-0.2, 0) is 0 Å². The van der Waals surface area contributed by atoms with E-state index in [1.807, 2.05) is 24.3 Å². The molecule has 2 N–H and O–H groups in total. The van der Waals surface area contributed by atoms with Crippen LogP contribution in [0.5, 0.6) is 17.2 Å². The van der Waals surface area contributed by atoms with E-state index in [-0.39, 0.29) is 0 Å². The summed E-state index contributed by atoms with van der Waals surface area (Å²) in [7, 11) is 1.60. The van der Waals surface area contributed by atoms with Crippen molar-refractivity contribution in [3.8, 4) is 17.2 Å². The normalized spacial score (nSPS) is 10.1. The van der Waals surface area contributed by atoms with Crippen molar-refractivity contribution in [2.45, 2.75) is 0 Å². The van der Waals surface area contributed by atoms with Gasteiger partial charge in [-0.15, -0.1) is 0 Å². The number of methoxy groups -OCH3 is 1. The lowest BCUT2D eigenvalue weighted by Crippen LogP contribution is -2.09. The molecule has 20 heavy (non-hydrogen) atoms. The minimum Gasteiger partial charge on any atom is -0.493 e. The van der Waals surface area contributed by atoms with E-state index >= 15 is 0 Å². The van der Waals surface area contributed by atoms with Crippen molar-refractivity contribution in [1.82, 2.24) is 0 Å². The standard InChI is InChI=1S/C15H16ClNO3/c1-18-14-4-2-3-5-15(14)20-9-8-19-13-7-6-11(17)10-12(13)16/h2-7,10H,8-9,17H2,1H3. The second kappa shape index (κ2) is 6.91. The molecule has 0 saturated heterocycles. The van der Waals surface area contributed by atoms with Gasteiger partial charge in [0.2, 0.25) is 0 Å². The molecule has 5 heteroatoms. The predicted octanol–water partition coefficient (Wildman–Crippen LogP) is 3.39. The minimum absolute atomic E-state index is 0.377. The Morgan fingerprint density at radius 3 is 2.25 bits per heavy atom. The van der Waals surface area contributed by atoms with Crippen molar-refractivity contribution in [3.05, 3.63) is 47.5 Å². The monoisotopic (exact) mass is 293 g/mol. The van der Waals surface area contributed by atoms with E-state index in [2.05, 4.69) is 0 Å². The summed E-state index contributed by atoms with van der Waals surface area (Å²) in [5.74, 6) is 1.96. The number of ether oxygens (including phenoxy) is 3. The average molecular weight is 294 g/mol. The number of anilines is 1. The van der Waals surface area contributed by atoms with Crippen LogP contribution in [0.15, 0.2) is 42.5 Å². The lowest BCUT2D eigenvalue weighted by atomic mass is 10.3. The van der Waals surface area contributed by atoms with Crippen LogP contribution in [0.25, 0.3) is 0 Å². The van der Waals surface area contributed by atoms with Gasteiger partial charge in [0, 0.05) is 5.69 Å². The van der Waals surface area contributed by atoms with Gasteiger partial charge in [0.15, 0.2) is 11.5 Å². The maximum absolute atomic E-state index is 6.01. The largest absolute Gasteiger partial charge is 0.493 e. The molecule has 0 fully saturated rings. The van der Waals surface area contributed by atoms with Gasteiger partial charge >= 0.3 is 0 Å². The maximum atomic E-state index is 6.01. The fraction of sp³-hybridized carbons (Fsp3) is 0.200. The number of hydrogen-bond donors (Lipinski definition) is 1. The molecule has 0 spiro atoms. The molecule has 2 aromatic carbocycles. The number of hydrogen-bond acceptors (Lipinski definition) is 4. The zero-order valence-electron chi connectivity index (χ0n) is 11.1. The van der Waals surface area contributed by atoms with Crippen molar-refractivity contribution in [3.63, 3.8) is 0 Å². The Kier molecular flexibility index (Phi) is 4.96. The summed E-state index contributed by atoms with van der Waals surface area (Å²) < 4.78 is 16.3. The lowest BCUT2D eigenvalue weighted by Gasteiger charge is -2.11. The summed E-state index contributed by atoms with van der Waals surface area (Å²) in [6, 6.07) is 12.6. The molecular weight excluding hydrogens is 278 g/mol. The zero-order chi connectivity index (χ0) is 14.4. The summed E-state index contributed by atoms with van der Waals surface area (Å²) in [5.41, 5.74) is 6.22. The Morgan fingerprint density at radius 2 is 1.60 bits per heavy atom. The third-order valence-corrected chi connectivity index (χ3v) is 2.92. The summed E-state index contributed by atoms with van der Waals surface area (Å²) in [4.78, 5) is 0. The highest BCUT2D eigenvalue weighted by Gasteiger charge is 2.04. The molecule has 0 heterocycles. The molecular formula is C15H16ClNO3. The van der Waals surface area contributed by atoms with E-state index in [1.165, 1.54) is 0 Å². The Morgan fingerprint density at radius 1 is 0.950 bits per heavy atom. The summed E-state index contributed by atoms with van der Waals surface area (Å²) in [6.45, 7) is 0.767. The van der Waals surface area contributed by atoms with Gasteiger partial charge in [-0.1, -0.05) is 23.7 Å². The number of halogens is 1. The second-order valence-corrected chi connectivity index (χ2v) is 4.44. The zero-order valence-corrected chi connectivity index (χ0v) is 11.9. The van der Waals surface area contributed by atoms with E-state index in [0.717, 1.165) is 0 Å². The highest BCUT2D eigenvalue weighted by atomic mass is 35.5. The SMILES string of the molecule is COc1ccccc1OCCOc1ccc(N)cc1Cl. The molecule has 0 aromatic heterocycles. The molecule has 0 atom stereocenters. The van der Waals surface area contributed by atoms with E-state index in [1.54, 1.807) is 25.3 Å². The first-order valence-electron chi connectivity index (χ1n) is 6.14. The van der Waals surface area contributed by atoms with Crippen molar-refractivity contribution in [1.29, 1.82) is 0 Å². The van der Waals surface area contributed by atoms with Gasteiger partial charge in [0.1, 0.15) is 19.0 Å². The summed E-state index contributed by atoms with van der Waals surface area (Å²) >= 11 is 6.01. The van der Waals surface area contributed by atoms with Crippen LogP contribution in [0.2, 0.25) is 5.02 Å². The van der Waals surface area contributed by atoms with E-state index in [4.69, 9.17) is 31.5 Å².